The van der Waals surface area contributed by atoms with Crippen molar-refractivity contribution in [2.45, 2.75) is 13.8 Å². The number of ketones is 1. The van der Waals surface area contributed by atoms with Gasteiger partial charge in [0.05, 0.1) is 6.54 Å². The molecule has 2 aromatic carbocycles. The molecule has 2 amide bonds. The van der Waals surface area contributed by atoms with Crippen molar-refractivity contribution in [3.63, 3.8) is 0 Å². The van der Waals surface area contributed by atoms with Gasteiger partial charge in [-0.3, -0.25) is 4.79 Å². The van der Waals surface area contributed by atoms with E-state index in [4.69, 9.17) is 4.74 Å². The Kier molecular flexibility index (Phi) is 5.74. The third-order valence-corrected chi connectivity index (χ3v) is 3.20. The van der Waals surface area contributed by atoms with E-state index in [-0.39, 0.29) is 11.8 Å². The van der Waals surface area contributed by atoms with Crippen molar-refractivity contribution in [1.29, 1.82) is 0 Å². The first-order valence-corrected chi connectivity index (χ1v) is 7.40. The highest BCUT2D eigenvalue weighted by Crippen LogP contribution is 2.12. The Bertz CT molecular complexity index is 681. The first kappa shape index (κ1) is 16.5. The van der Waals surface area contributed by atoms with Crippen molar-refractivity contribution < 1.29 is 14.3 Å². The molecular formula is C18H20N2O3. The van der Waals surface area contributed by atoms with Crippen LogP contribution in [0.4, 0.5) is 10.5 Å². The number of benzene rings is 2. The highest BCUT2D eigenvalue weighted by Gasteiger charge is 2.04. The molecule has 0 aliphatic carbocycles. The SMILES string of the molecule is CC(=O)c1cccc(NC(=O)NCCOc2ccc(C)cc2)c1. The Morgan fingerprint density at radius 2 is 1.83 bits per heavy atom. The van der Waals surface area contributed by atoms with Crippen LogP contribution in [0.1, 0.15) is 22.8 Å². The maximum atomic E-state index is 11.8. The van der Waals surface area contributed by atoms with Gasteiger partial charge in [0.15, 0.2) is 5.78 Å². The number of rotatable bonds is 6. The fraction of sp³-hybridized carbons (Fsp3) is 0.222. The molecule has 0 fully saturated rings. The van der Waals surface area contributed by atoms with Crippen molar-refractivity contribution in [3.8, 4) is 5.75 Å². The van der Waals surface area contributed by atoms with E-state index in [1.54, 1.807) is 24.3 Å². The molecule has 5 nitrogen and oxygen atoms in total. The Morgan fingerprint density at radius 1 is 1.09 bits per heavy atom. The summed E-state index contributed by atoms with van der Waals surface area (Å²) in [5.41, 5.74) is 2.31. The molecule has 0 unspecified atom stereocenters. The average molecular weight is 312 g/mol. The Hall–Kier alpha value is -2.82. The Morgan fingerprint density at radius 3 is 2.52 bits per heavy atom. The molecular weight excluding hydrogens is 292 g/mol. The lowest BCUT2D eigenvalue weighted by Crippen LogP contribution is -2.32. The fourth-order valence-electron chi connectivity index (χ4n) is 1.96. The van der Waals surface area contributed by atoms with E-state index < -0.39 is 0 Å². The van der Waals surface area contributed by atoms with Crippen LogP contribution >= 0.6 is 0 Å². The number of hydrogen-bond donors (Lipinski definition) is 2. The van der Waals surface area contributed by atoms with Gasteiger partial charge in [-0.15, -0.1) is 0 Å². The minimum atomic E-state index is -0.335. The largest absolute Gasteiger partial charge is 0.492 e. The summed E-state index contributed by atoms with van der Waals surface area (Å²) in [4.78, 5) is 23.1. The van der Waals surface area contributed by atoms with Gasteiger partial charge in [-0.25, -0.2) is 4.79 Å². The second kappa shape index (κ2) is 7.98. The number of Topliss-reactive ketones (excluding diaryl/α,β-unsaturated/α-hetero) is 1. The highest BCUT2D eigenvalue weighted by atomic mass is 16.5. The van der Waals surface area contributed by atoms with Gasteiger partial charge in [-0.1, -0.05) is 29.8 Å². The van der Waals surface area contributed by atoms with E-state index in [2.05, 4.69) is 10.6 Å². The summed E-state index contributed by atoms with van der Waals surface area (Å²) in [6.45, 7) is 4.26. The molecule has 0 heterocycles. The number of carbonyl (C=O) groups excluding carboxylic acids is 2. The van der Waals surface area contributed by atoms with E-state index in [9.17, 15) is 9.59 Å². The second-order valence-electron chi connectivity index (χ2n) is 5.18. The molecule has 0 aliphatic heterocycles. The van der Waals surface area contributed by atoms with Crippen molar-refractivity contribution in [2.75, 3.05) is 18.5 Å². The van der Waals surface area contributed by atoms with Gasteiger partial charge < -0.3 is 15.4 Å². The van der Waals surface area contributed by atoms with Crippen LogP contribution in [0.15, 0.2) is 48.5 Å². The summed E-state index contributed by atoms with van der Waals surface area (Å²) in [5.74, 6) is 0.729. The lowest BCUT2D eigenvalue weighted by molar-refractivity contribution is 0.101. The van der Waals surface area contributed by atoms with Gasteiger partial charge in [0.25, 0.3) is 0 Å². The van der Waals surface area contributed by atoms with Crippen LogP contribution in [0.2, 0.25) is 0 Å². The van der Waals surface area contributed by atoms with Crippen LogP contribution in [0.3, 0.4) is 0 Å². The lowest BCUT2D eigenvalue weighted by atomic mass is 10.1. The molecule has 120 valence electrons. The topological polar surface area (TPSA) is 67.4 Å². The summed E-state index contributed by atoms with van der Waals surface area (Å²) in [6, 6.07) is 14.2. The molecule has 0 aromatic heterocycles. The zero-order valence-electron chi connectivity index (χ0n) is 13.3. The third-order valence-electron chi connectivity index (χ3n) is 3.20. The number of aryl methyl sites for hydroxylation is 1. The summed E-state index contributed by atoms with van der Waals surface area (Å²) in [6.07, 6.45) is 0. The third kappa shape index (κ3) is 5.47. The number of hydrogen-bond acceptors (Lipinski definition) is 3. The predicted octanol–water partition coefficient (Wildman–Crippen LogP) is 3.40. The number of anilines is 1. The quantitative estimate of drug-likeness (QED) is 0.634. The molecule has 23 heavy (non-hydrogen) atoms. The van der Waals surface area contributed by atoms with Crippen LogP contribution in [0, 0.1) is 6.92 Å². The average Bonchev–Trinajstić information content (AvgIpc) is 2.53. The first-order valence-electron chi connectivity index (χ1n) is 7.40. The van der Waals surface area contributed by atoms with Crippen LogP contribution < -0.4 is 15.4 Å². The standard InChI is InChI=1S/C18H20N2O3/c1-13-6-8-17(9-7-13)23-11-10-19-18(22)20-16-5-3-4-15(12-16)14(2)21/h3-9,12H,10-11H2,1-2H3,(H2,19,20,22). The van der Waals surface area contributed by atoms with Gasteiger partial charge in [-0.2, -0.15) is 0 Å². The normalized spacial score (nSPS) is 10.0. The number of urea groups is 1. The van der Waals surface area contributed by atoms with Crippen molar-refractivity contribution in [1.82, 2.24) is 5.32 Å². The number of carbonyl (C=O) groups is 2. The summed E-state index contributed by atoms with van der Waals surface area (Å²) in [7, 11) is 0. The first-order chi connectivity index (χ1) is 11.0. The molecule has 2 aromatic rings. The molecule has 0 saturated heterocycles. The molecule has 0 aliphatic rings. The fourth-order valence-corrected chi connectivity index (χ4v) is 1.96. The minimum Gasteiger partial charge on any atom is -0.492 e. The summed E-state index contributed by atoms with van der Waals surface area (Å²) in [5, 5.41) is 5.39. The van der Waals surface area contributed by atoms with E-state index in [0.29, 0.717) is 24.4 Å². The number of ether oxygens (including phenoxy) is 1. The molecule has 5 heteroatoms. The maximum Gasteiger partial charge on any atom is 0.319 e. The predicted molar refractivity (Wildman–Crippen MR) is 90.1 cm³/mol. The van der Waals surface area contributed by atoms with E-state index in [0.717, 1.165) is 5.75 Å². The van der Waals surface area contributed by atoms with Crippen LogP contribution in [0.25, 0.3) is 0 Å². The molecule has 0 atom stereocenters. The molecule has 0 saturated carbocycles. The van der Waals surface area contributed by atoms with E-state index in [1.807, 2.05) is 31.2 Å². The maximum absolute atomic E-state index is 11.8. The molecule has 0 bridgehead atoms. The summed E-state index contributed by atoms with van der Waals surface area (Å²) >= 11 is 0. The second-order valence-corrected chi connectivity index (χ2v) is 5.18. The van der Waals surface area contributed by atoms with Gasteiger partial charge in [-0.05, 0) is 38.1 Å². The van der Waals surface area contributed by atoms with Crippen molar-refractivity contribution >= 4 is 17.5 Å². The van der Waals surface area contributed by atoms with Gasteiger partial charge >= 0.3 is 6.03 Å². The van der Waals surface area contributed by atoms with Gasteiger partial charge in [0.1, 0.15) is 12.4 Å². The molecule has 0 radical (unpaired) electrons. The molecule has 2 N–H and O–H groups in total. The monoisotopic (exact) mass is 312 g/mol. The van der Waals surface area contributed by atoms with Crippen molar-refractivity contribution in [2.24, 2.45) is 0 Å². The Balaban J connectivity index is 1.74. The number of nitrogens with one attached hydrogen (secondary N) is 2. The zero-order chi connectivity index (χ0) is 16.7. The lowest BCUT2D eigenvalue weighted by Gasteiger charge is -2.09. The van der Waals surface area contributed by atoms with Crippen LogP contribution in [-0.4, -0.2) is 25.0 Å². The highest BCUT2D eigenvalue weighted by molar-refractivity contribution is 5.96. The van der Waals surface area contributed by atoms with Gasteiger partial charge in [0, 0.05) is 11.3 Å². The minimum absolute atomic E-state index is 0.0412. The zero-order valence-corrected chi connectivity index (χ0v) is 13.3. The van der Waals surface area contributed by atoms with Crippen LogP contribution in [-0.2, 0) is 0 Å². The van der Waals surface area contributed by atoms with E-state index >= 15 is 0 Å². The molecule has 2 rings (SSSR count). The van der Waals surface area contributed by atoms with Crippen LogP contribution in [0.5, 0.6) is 5.75 Å². The van der Waals surface area contributed by atoms with Gasteiger partial charge in [0.2, 0.25) is 0 Å². The smallest absolute Gasteiger partial charge is 0.319 e. The summed E-state index contributed by atoms with van der Waals surface area (Å²) < 4.78 is 5.53. The Labute approximate surface area is 135 Å². The van der Waals surface area contributed by atoms with Crippen molar-refractivity contribution in [3.05, 3.63) is 59.7 Å². The molecule has 0 spiro atoms. The number of amides is 2. The van der Waals surface area contributed by atoms with E-state index in [1.165, 1.54) is 12.5 Å².